The molecule has 0 fully saturated rings. The fourth-order valence-corrected chi connectivity index (χ4v) is 3.60. The zero-order valence-electron chi connectivity index (χ0n) is 16.3. The third-order valence-corrected chi connectivity index (χ3v) is 5.00. The number of aliphatic hydroxyl groups excluding tert-OH is 1. The fraction of sp³-hybridized carbons (Fsp3) is 0.111. The van der Waals surface area contributed by atoms with Gasteiger partial charge in [-0.3, -0.25) is 0 Å². The maximum atomic E-state index is 9.64. The minimum Gasteiger partial charge on any atom is -0.488 e. The van der Waals surface area contributed by atoms with Crippen molar-refractivity contribution in [3.8, 4) is 28.0 Å². The van der Waals surface area contributed by atoms with Crippen LogP contribution in [0.5, 0.6) is 5.75 Å². The Labute approximate surface area is 172 Å². The van der Waals surface area contributed by atoms with Gasteiger partial charge in [0.15, 0.2) is 0 Å². The highest BCUT2D eigenvalue weighted by molar-refractivity contribution is 5.84. The molecular formula is C27H24O2. The van der Waals surface area contributed by atoms with Crippen molar-refractivity contribution in [2.75, 3.05) is 6.61 Å². The molecule has 2 heteroatoms. The largest absolute Gasteiger partial charge is 0.488 e. The summed E-state index contributed by atoms with van der Waals surface area (Å²) >= 11 is 0. The molecule has 0 unspecified atom stereocenters. The quantitative estimate of drug-likeness (QED) is 0.418. The van der Waals surface area contributed by atoms with Crippen molar-refractivity contribution in [3.63, 3.8) is 0 Å². The highest BCUT2D eigenvalue weighted by Gasteiger charge is 2.18. The molecule has 2 nitrogen and oxygen atoms in total. The van der Waals surface area contributed by atoms with Crippen LogP contribution in [0, 0.1) is 0 Å². The van der Waals surface area contributed by atoms with Crippen LogP contribution in [0.15, 0.2) is 103 Å². The molecule has 0 aliphatic heterocycles. The molecule has 4 rings (SSSR count). The molecule has 0 atom stereocenters. The molecule has 0 saturated carbocycles. The molecule has 144 valence electrons. The van der Waals surface area contributed by atoms with E-state index in [0.717, 1.165) is 39.1 Å². The van der Waals surface area contributed by atoms with Gasteiger partial charge in [-0.25, -0.2) is 0 Å². The summed E-state index contributed by atoms with van der Waals surface area (Å²) in [5, 5.41) is 9.64. The zero-order valence-corrected chi connectivity index (χ0v) is 16.3. The van der Waals surface area contributed by atoms with Crippen LogP contribution in [-0.2, 0) is 13.0 Å². The molecule has 4 aromatic carbocycles. The summed E-state index contributed by atoms with van der Waals surface area (Å²) in [6.45, 7) is 0.589. The summed E-state index contributed by atoms with van der Waals surface area (Å²) in [5.74, 6) is 0.859. The van der Waals surface area contributed by atoms with Gasteiger partial charge in [-0.05, 0) is 28.7 Å². The van der Waals surface area contributed by atoms with E-state index in [0.29, 0.717) is 13.0 Å². The highest BCUT2D eigenvalue weighted by Crippen LogP contribution is 2.42. The van der Waals surface area contributed by atoms with Gasteiger partial charge in [0.25, 0.3) is 0 Å². The maximum Gasteiger partial charge on any atom is 0.135 e. The lowest BCUT2D eigenvalue weighted by Crippen LogP contribution is -2.03. The Morgan fingerprint density at radius 3 is 1.83 bits per heavy atom. The first-order chi connectivity index (χ1) is 14.4. The summed E-state index contributed by atoms with van der Waals surface area (Å²) < 4.78 is 6.47. The van der Waals surface area contributed by atoms with E-state index in [-0.39, 0.29) is 6.61 Å². The lowest BCUT2D eigenvalue weighted by atomic mass is 9.91. The van der Waals surface area contributed by atoms with Crippen LogP contribution in [0.25, 0.3) is 22.3 Å². The second-order valence-electron chi connectivity index (χ2n) is 6.96. The van der Waals surface area contributed by atoms with Gasteiger partial charge in [-0.2, -0.15) is 0 Å². The normalized spacial score (nSPS) is 10.7. The number of hydrogen-bond acceptors (Lipinski definition) is 2. The molecule has 0 aliphatic carbocycles. The third kappa shape index (κ3) is 4.39. The van der Waals surface area contributed by atoms with Crippen molar-refractivity contribution in [2.45, 2.75) is 13.0 Å². The molecule has 0 amide bonds. The predicted octanol–water partition coefficient (Wildman–Crippen LogP) is 6.13. The SMILES string of the molecule is OCCc1ccc(-c2ccccc2)c(OCc2ccccc2)c1-c1ccccc1. The molecular weight excluding hydrogens is 356 g/mol. The van der Waals surface area contributed by atoms with E-state index in [4.69, 9.17) is 4.74 Å². The van der Waals surface area contributed by atoms with Gasteiger partial charge < -0.3 is 9.84 Å². The first-order valence-corrected chi connectivity index (χ1v) is 9.91. The molecule has 0 radical (unpaired) electrons. The Balaban J connectivity index is 1.87. The minimum absolute atomic E-state index is 0.0998. The molecule has 0 bridgehead atoms. The standard InChI is InChI=1S/C27H24O2/c28-19-18-24-16-17-25(22-12-6-2-7-13-22)27(26(24)23-14-8-3-9-15-23)29-20-21-10-4-1-5-11-21/h1-17,28H,18-20H2. The van der Waals surface area contributed by atoms with E-state index in [2.05, 4.69) is 48.5 Å². The summed E-state index contributed by atoms with van der Waals surface area (Å²) in [6.07, 6.45) is 0.584. The van der Waals surface area contributed by atoms with Gasteiger partial charge in [0.1, 0.15) is 12.4 Å². The summed E-state index contributed by atoms with van der Waals surface area (Å²) in [4.78, 5) is 0. The van der Waals surface area contributed by atoms with Gasteiger partial charge in [0.2, 0.25) is 0 Å². The Morgan fingerprint density at radius 2 is 1.21 bits per heavy atom. The number of hydrogen-bond donors (Lipinski definition) is 1. The molecule has 0 saturated heterocycles. The first kappa shape index (κ1) is 19.0. The average Bonchev–Trinajstić information content (AvgIpc) is 2.80. The molecule has 0 aliphatic rings. The van der Waals surface area contributed by atoms with Crippen molar-refractivity contribution < 1.29 is 9.84 Å². The molecule has 0 heterocycles. The third-order valence-electron chi connectivity index (χ3n) is 5.00. The van der Waals surface area contributed by atoms with Gasteiger partial charge in [0, 0.05) is 17.7 Å². The number of aliphatic hydroxyl groups is 1. The van der Waals surface area contributed by atoms with E-state index >= 15 is 0 Å². The second-order valence-corrected chi connectivity index (χ2v) is 6.96. The Hall–Kier alpha value is -3.36. The van der Waals surface area contributed by atoms with E-state index in [9.17, 15) is 5.11 Å². The lowest BCUT2D eigenvalue weighted by molar-refractivity contribution is 0.297. The first-order valence-electron chi connectivity index (χ1n) is 9.91. The number of ether oxygens (including phenoxy) is 1. The van der Waals surface area contributed by atoms with Crippen molar-refractivity contribution in [1.29, 1.82) is 0 Å². The van der Waals surface area contributed by atoms with Crippen molar-refractivity contribution in [3.05, 3.63) is 114 Å². The monoisotopic (exact) mass is 380 g/mol. The molecule has 0 aromatic heterocycles. The minimum atomic E-state index is 0.0998. The molecule has 4 aromatic rings. The topological polar surface area (TPSA) is 29.5 Å². The van der Waals surface area contributed by atoms with E-state index < -0.39 is 0 Å². The smallest absolute Gasteiger partial charge is 0.135 e. The fourth-order valence-electron chi connectivity index (χ4n) is 3.60. The number of benzene rings is 4. The Bertz CT molecular complexity index is 1040. The van der Waals surface area contributed by atoms with Crippen LogP contribution in [0.2, 0.25) is 0 Å². The van der Waals surface area contributed by atoms with Gasteiger partial charge >= 0.3 is 0 Å². The lowest BCUT2D eigenvalue weighted by Gasteiger charge is -2.20. The van der Waals surface area contributed by atoms with Crippen LogP contribution >= 0.6 is 0 Å². The van der Waals surface area contributed by atoms with Gasteiger partial charge in [0.05, 0.1) is 0 Å². The number of rotatable bonds is 7. The molecule has 29 heavy (non-hydrogen) atoms. The summed E-state index contributed by atoms with van der Waals surface area (Å²) in [5.41, 5.74) is 6.53. The van der Waals surface area contributed by atoms with Gasteiger partial charge in [-0.15, -0.1) is 0 Å². The van der Waals surface area contributed by atoms with Crippen LogP contribution < -0.4 is 4.74 Å². The predicted molar refractivity (Wildman–Crippen MR) is 119 cm³/mol. The van der Waals surface area contributed by atoms with Crippen molar-refractivity contribution >= 4 is 0 Å². The van der Waals surface area contributed by atoms with Crippen LogP contribution in [0.4, 0.5) is 0 Å². The highest BCUT2D eigenvalue weighted by atomic mass is 16.5. The molecule has 1 N–H and O–H groups in total. The van der Waals surface area contributed by atoms with E-state index in [1.807, 2.05) is 54.6 Å². The van der Waals surface area contributed by atoms with Crippen molar-refractivity contribution in [2.24, 2.45) is 0 Å². The van der Waals surface area contributed by atoms with Crippen LogP contribution in [-0.4, -0.2) is 11.7 Å². The van der Waals surface area contributed by atoms with E-state index in [1.54, 1.807) is 0 Å². The molecule has 0 spiro atoms. The average molecular weight is 380 g/mol. The second kappa shape index (κ2) is 9.22. The van der Waals surface area contributed by atoms with Crippen LogP contribution in [0.1, 0.15) is 11.1 Å². The van der Waals surface area contributed by atoms with Gasteiger partial charge in [-0.1, -0.05) is 103 Å². The van der Waals surface area contributed by atoms with Crippen LogP contribution in [0.3, 0.4) is 0 Å². The Kier molecular flexibility index (Phi) is 6.04. The maximum absolute atomic E-state index is 9.64. The Morgan fingerprint density at radius 1 is 0.621 bits per heavy atom. The summed E-state index contributed by atoms with van der Waals surface area (Å²) in [7, 11) is 0. The van der Waals surface area contributed by atoms with E-state index in [1.165, 1.54) is 0 Å². The summed E-state index contributed by atoms with van der Waals surface area (Å²) in [6, 6.07) is 35.0. The zero-order chi connectivity index (χ0) is 19.9. The van der Waals surface area contributed by atoms with Crippen molar-refractivity contribution in [1.82, 2.24) is 0 Å².